The van der Waals surface area contributed by atoms with E-state index >= 15 is 0 Å². The molecule has 4 nitrogen and oxygen atoms in total. The van der Waals surface area contributed by atoms with Gasteiger partial charge in [0.2, 0.25) is 5.91 Å². The maximum atomic E-state index is 11.9. The van der Waals surface area contributed by atoms with Crippen molar-refractivity contribution in [2.75, 3.05) is 20.2 Å². The Morgan fingerprint density at radius 1 is 1.45 bits per heavy atom. The molecule has 1 amide bonds. The van der Waals surface area contributed by atoms with Crippen LogP contribution in [0.5, 0.6) is 5.75 Å². The average Bonchev–Trinajstić information content (AvgIpc) is 2.36. The van der Waals surface area contributed by atoms with Crippen LogP contribution in [0.1, 0.15) is 13.8 Å². The summed E-state index contributed by atoms with van der Waals surface area (Å²) in [6, 6.07) is 6.71. The standard InChI is InChI=1S/C14H21ClN2O2.ClH/c1-10(2)13(16)14(18)17(3)7-8-19-12-6-4-5-11(15)9-12;/h4-6,9-10,13H,7-8,16H2,1-3H3;1H. The van der Waals surface area contributed by atoms with Crippen molar-refractivity contribution < 1.29 is 9.53 Å². The molecule has 6 heteroatoms. The molecule has 1 atom stereocenters. The molecule has 1 aromatic carbocycles. The number of likely N-dealkylation sites (N-methyl/N-ethyl adjacent to an activating group) is 1. The van der Waals surface area contributed by atoms with Gasteiger partial charge in [-0.1, -0.05) is 31.5 Å². The number of amides is 1. The van der Waals surface area contributed by atoms with Gasteiger partial charge in [0.15, 0.2) is 0 Å². The van der Waals surface area contributed by atoms with E-state index in [2.05, 4.69) is 0 Å². The molecule has 2 N–H and O–H groups in total. The number of ether oxygens (including phenoxy) is 1. The zero-order valence-electron chi connectivity index (χ0n) is 12.0. The Morgan fingerprint density at radius 3 is 2.65 bits per heavy atom. The molecule has 1 unspecified atom stereocenters. The smallest absolute Gasteiger partial charge is 0.239 e. The normalized spacial score (nSPS) is 11.7. The molecule has 0 bridgehead atoms. The van der Waals surface area contributed by atoms with Crippen molar-refractivity contribution in [2.45, 2.75) is 19.9 Å². The molecule has 0 fully saturated rings. The number of hydrogen-bond donors (Lipinski definition) is 1. The van der Waals surface area contributed by atoms with Gasteiger partial charge in [-0.25, -0.2) is 0 Å². The third-order valence-electron chi connectivity index (χ3n) is 2.87. The van der Waals surface area contributed by atoms with Gasteiger partial charge in [0.05, 0.1) is 12.6 Å². The lowest BCUT2D eigenvalue weighted by Crippen LogP contribution is -2.46. The number of carbonyl (C=O) groups excluding carboxylic acids is 1. The zero-order valence-corrected chi connectivity index (χ0v) is 13.6. The molecule has 0 aromatic heterocycles. The number of carbonyl (C=O) groups is 1. The Kier molecular flexibility index (Phi) is 8.62. The minimum atomic E-state index is -0.462. The number of nitrogens with zero attached hydrogens (tertiary/aromatic N) is 1. The molecule has 0 aliphatic carbocycles. The van der Waals surface area contributed by atoms with Gasteiger partial charge in [-0.05, 0) is 24.1 Å². The van der Waals surface area contributed by atoms with Crippen molar-refractivity contribution in [3.8, 4) is 5.75 Å². The topological polar surface area (TPSA) is 55.6 Å². The van der Waals surface area contributed by atoms with Crippen LogP contribution in [0.4, 0.5) is 0 Å². The molecular weight excluding hydrogens is 299 g/mol. The van der Waals surface area contributed by atoms with E-state index in [0.717, 1.165) is 0 Å². The van der Waals surface area contributed by atoms with Crippen molar-refractivity contribution >= 4 is 29.9 Å². The Morgan fingerprint density at radius 2 is 2.10 bits per heavy atom. The van der Waals surface area contributed by atoms with Gasteiger partial charge in [0.1, 0.15) is 12.4 Å². The van der Waals surface area contributed by atoms with Crippen molar-refractivity contribution in [1.29, 1.82) is 0 Å². The summed E-state index contributed by atoms with van der Waals surface area (Å²) >= 11 is 5.85. The molecule has 0 spiro atoms. The zero-order chi connectivity index (χ0) is 14.4. The highest BCUT2D eigenvalue weighted by Gasteiger charge is 2.20. The van der Waals surface area contributed by atoms with Crippen LogP contribution in [0.25, 0.3) is 0 Å². The number of halogens is 2. The maximum absolute atomic E-state index is 11.9. The quantitative estimate of drug-likeness (QED) is 0.876. The van der Waals surface area contributed by atoms with Crippen LogP contribution in [0.2, 0.25) is 5.02 Å². The van der Waals surface area contributed by atoms with E-state index in [9.17, 15) is 4.79 Å². The van der Waals surface area contributed by atoms with Crippen molar-refractivity contribution in [2.24, 2.45) is 11.7 Å². The highest BCUT2D eigenvalue weighted by atomic mass is 35.5. The molecule has 1 rings (SSSR count). The van der Waals surface area contributed by atoms with Crippen LogP contribution in [0.3, 0.4) is 0 Å². The number of rotatable bonds is 6. The monoisotopic (exact) mass is 320 g/mol. The predicted octanol–water partition coefficient (Wildman–Crippen LogP) is 2.58. The predicted molar refractivity (Wildman–Crippen MR) is 84.6 cm³/mol. The van der Waals surface area contributed by atoms with Gasteiger partial charge in [-0.2, -0.15) is 0 Å². The third kappa shape index (κ3) is 5.99. The summed E-state index contributed by atoms with van der Waals surface area (Å²) in [7, 11) is 1.73. The first kappa shape index (κ1) is 19.0. The van der Waals surface area contributed by atoms with Crippen LogP contribution in [-0.4, -0.2) is 37.0 Å². The van der Waals surface area contributed by atoms with Crippen LogP contribution in [0.15, 0.2) is 24.3 Å². The van der Waals surface area contributed by atoms with Crippen LogP contribution < -0.4 is 10.5 Å². The van der Waals surface area contributed by atoms with Crippen LogP contribution in [0, 0.1) is 5.92 Å². The molecule has 0 heterocycles. The largest absolute Gasteiger partial charge is 0.492 e. The summed E-state index contributed by atoms with van der Waals surface area (Å²) in [5.74, 6) is 0.759. The fraction of sp³-hybridized carbons (Fsp3) is 0.500. The van der Waals surface area contributed by atoms with E-state index in [1.54, 1.807) is 24.1 Å². The van der Waals surface area contributed by atoms with Crippen molar-refractivity contribution in [3.05, 3.63) is 29.3 Å². The minimum Gasteiger partial charge on any atom is -0.492 e. The van der Waals surface area contributed by atoms with Gasteiger partial charge in [0, 0.05) is 12.1 Å². The van der Waals surface area contributed by atoms with E-state index in [0.29, 0.717) is 23.9 Å². The fourth-order valence-corrected chi connectivity index (χ4v) is 1.69. The third-order valence-corrected chi connectivity index (χ3v) is 3.11. The lowest BCUT2D eigenvalue weighted by Gasteiger charge is -2.23. The molecule has 0 aliphatic rings. The van der Waals surface area contributed by atoms with Gasteiger partial charge < -0.3 is 15.4 Å². The first-order valence-corrected chi connectivity index (χ1v) is 6.68. The van der Waals surface area contributed by atoms with E-state index < -0.39 is 6.04 Å². The SMILES string of the molecule is CC(C)C(N)C(=O)N(C)CCOc1cccc(Cl)c1.Cl. The summed E-state index contributed by atoms with van der Waals surface area (Å²) in [5.41, 5.74) is 5.81. The molecule has 0 saturated carbocycles. The number of hydrogen-bond acceptors (Lipinski definition) is 3. The van der Waals surface area contributed by atoms with Crippen LogP contribution >= 0.6 is 24.0 Å². The molecule has 0 saturated heterocycles. The summed E-state index contributed by atoms with van der Waals surface area (Å²) in [5, 5.41) is 0.628. The average molecular weight is 321 g/mol. The fourth-order valence-electron chi connectivity index (χ4n) is 1.51. The van der Waals surface area contributed by atoms with E-state index in [1.165, 1.54) is 0 Å². The maximum Gasteiger partial charge on any atom is 0.239 e. The minimum absolute atomic E-state index is 0. The van der Waals surface area contributed by atoms with Gasteiger partial charge in [-0.3, -0.25) is 4.79 Å². The first-order valence-electron chi connectivity index (χ1n) is 6.30. The highest BCUT2D eigenvalue weighted by molar-refractivity contribution is 6.30. The molecule has 114 valence electrons. The van der Waals surface area contributed by atoms with Gasteiger partial charge in [0.25, 0.3) is 0 Å². The second kappa shape index (κ2) is 9.06. The molecule has 0 radical (unpaired) electrons. The second-order valence-corrected chi connectivity index (χ2v) is 5.27. The lowest BCUT2D eigenvalue weighted by molar-refractivity contribution is -0.132. The Balaban J connectivity index is 0.00000361. The lowest BCUT2D eigenvalue weighted by atomic mass is 10.0. The molecule has 0 aliphatic heterocycles. The Hall–Kier alpha value is -0.970. The van der Waals surface area contributed by atoms with Crippen LogP contribution in [-0.2, 0) is 4.79 Å². The van der Waals surface area contributed by atoms with Crippen molar-refractivity contribution in [3.63, 3.8) is 0 Å². The summed E-state index contributed by atoms with van der Waals surface area (Å²) in [6.45, 7) is 4.76. The summed E-state index contributed by atoms with van der Waals surface area (Å²) < 4.78 is 5.53. The first-order chi connectivity index (χ1) is 8.91. The highest BCUT2D eigenvalue weighted by Crippen LogP contribution is 2.16. The Bertz CT molecular complexity index is 427. The van der Waals surface area contributed by atoms with Crippen molar-refractivity contribution in [1.82, 2.24) is 4.90 Å². The number of benzene rings is 1. The van der Waals surface area contributed by atoms with E-state index in [1.807, 2.05) is 26.0 Å². The molecule has 1 aromatic rings. The van der Waals surface area contributed by atoms with Gasteiger partial charge in [-0.15, -0.1) is 12.4 Å². The Labute approximate surface area is 131 Å². The van der Waals surface area contributed by atoms with E-state index in [-0.39, 0.29) is 24.2 Å². The summed E-state index contributed by atoms with van der Waals surface area (Å²) in [6.07, 6.45) is 0. The van der Waals surface area contributed by atoms with Gasteiger partial charge >= 0.3 is 0 Å². The molecular formula is C14H22Cl2N2O2. The second-order valence-electron chi connectivity index (χ2n) is 4.84. The summed E-state index contributed by atoms with van der Waals surface area (Å²) in [4.78, 5) is 13.5. The van der Waals surface area contributed by atoms with E-state index in [4.69, 9.17) is 22.1 Å². The number of nitrogens with two attached hydrogens (primary N) is 1. The molecule has 20 heavy (non-hydrogen) atoms.